The molecule has 0 amide bonds. The lowest BCUT2D eigenvalue weighted by Crippen LogP contribution is -2.31. The molecule has 0 fully saturated rings. The lowest BCUT2D eigenvalue weighted by atomic mass is 9.87. The van der Waals surface area contributed by atoms with Gasteiger partial charge in [0.25, 0.3) is 5.82 Å². The Morgan fingerprint density at radius 3 is 1.96 bits per heavy atom. The fourth-order valence-corrected chi connectivity index (χ4v) is 3.82. The standard InChI is InChI=1S/C24H33N2/c1-15(2)19-13-20(16(3)4)24(21(14-19)17(5)6)26-18(7)25(8)22-11-9-10-12-23(22)26/h9-17H,1-8H3/q+1/i15D. The molecule has 0 N–H and O–H groups in total. The third-order valence-corrected chi connectivity index (χ3v) is 5.51. The normalized spacial score (nSPS) is 13.1. The number of aryl methyl sites for hydroxylation is 1. The third-order valence-electron chi connectivity index (χ3n) is 5.51. The maximum absolute atomic E-state index is 8.59. The third kappa shape index (κ3) is 2.96. The molecule has 0 aliphatic heterocycles. The van der Waals surface area contributed by atoms with Gasteiger partial charge in [-0.2, -0.15) is 4.57 Å². The van der Waals surface area contributed by atoms with Gasteiger partial charge >= 0.3 is 0 Å². The molecule has 0 unspecified atom stereocenters. The summed E-state index contributed by atoms with van der Waals surface area (Å²) in [4.78, 5) is 0. The number of aromatic nitrogens is 2. The molecule has 0 atom stereocenters. The summed E-state index contributed by atoms with van der Waals surface area (Å²) in [6.07, 6.45) is 0. The highest BCUT2D eigenvalue weighted by atomic mass is 15.2. The minimum absolute atomic E-state index is 0.380. The van der Waals surface area contributed by atoms with Crippen molar-refractivity contribution in [3.8, 4) is 5.69 Å². The van der Waals surface area contributed by atoms with Crippen LogP contribution < -0.4 is 4.57 Å². The van der Waals surface area contributed by atoms with Crippen molar-refractivity contribution in [1.29, 1.82) is 0 Å². The van der Waals surface area contributed by atoms with Gasteiger partial charge in [-0.3, -0.25) is 0 Å². The minimum atomic E-state index is -0.607. The lowest BCUT2D eigenvalue weighted by molar-refractivity contribution is -0.652. The van der Waals surface area contributed by atoms with Crippen molar-refractivity contribution in [3.05, 3.63) is 58.9 Å². The van der Waals surface area contributed by atoms with E-state index in [1.165, 1.54) is 33.7 Å². The Balaban J connectivity index is 2.48. The quantitative estimate of drug-likeness (QED) is 0.500. The Labute approximate surface area is 159 Å². The molecule has 3 aromatic rings. The Kier molecular flexibility index (Phi) is 4.60. The summed E-state index contributed by atoms with van der Waals surface area (Å²) in [6, 6.07) is 13.1. The zero-order valence-electron chi connectivity index (χ0n) is 18.5. The van der Waals surface area contributed by atoms with Gasteiger partial charge in [-0.1, -0.05) is 65.8 Å². The molecule has 1 aromatic heterocycles. The molecule has 0 saturated carbocycles. The van der Waals surface area contributed by atoms with Crippen LogP contribution in [0.25, 0.3) is 16.7 Å². The van der Waals surface area contributed by atoms with Gasteiger partial charge in [-0.05, 0) is 35.4 Å². The molecule has 0 aliphatic rings. The maximum atomic E-state index is 8.59. The zero-order valence-corrected chi connectivity index (χ0v) is 17.5. The zero-order chi connectivity index (χ0) is 20.1. The van der Waals surface area contributed by atoms with E-state index in [1.54, 1.807) is 0 Å². The van der Waals surface area contributed by atoms with Crippen molar-refractivity contribution in [2.45, 2.75) is 66.2 Å². The SMILES string of the molecule is [2H]C(C)(C)c1cc(C(C)C)c(-n2c(C)[n+](C)c3ccccc32)c(C(C)C)c1. The maximum Gasteiger partial charge on any atom is 0.259 e. The molecular formula is C24H33N2+. The highest BCUT2D eigenvalue weighted by Gasteiger charge is 2.27. The van der Waals surface area contributed by atoms with Crippen molar-refractivity contribution < 1.29 is 5.94 Å². The van der Waals surface area contributed by atoms with Crippen molar-refractivity contribution >= 4 is 11.0 Å². The van der Waals surface area contributed by atoms with E-state index in [1.807, 2.05) is 13.8 Å². The largest absolute Gasteiger partial charge is 0.259 e. The monoisotopic (exact) mass is 350 g/mol. The first-order chi connectivity index (χ1) is 12.5. The van der Waals surface area contributed by atoms with Crippen LogP contribution in [0.3, 0.4) is 0 Å². The van der Waals surface area contributed by atoms with E-state index in [2.05, 4.69) is 87.2 Å². The molecule has 2 aromatic carbocycles. The average Bonchev–Trinajstić information content (AvgIpc) is 2.84. The molecule has 3 rings (SSSR count). The Hall–Kier alpha value is -2.09. The summed E-state index contributed by atoms with van der Waals surface area (Å²) in [5.74, 6) is 1.37. The molecule has 138 valence electrons. The fraction of sp³-hybridized carbons (Fsp3) is 0.458. The van der Waals surface area contributed by atoms with Gasteiger partial charge in [0, 0.05) is 19.4 Å². The molecule has 0 aliphatic carbocycles. The van der Waals surface area contributed by atoms with Crippen LogP contribution in [0, 0.1) is 6.92 Å². The van der Waals surface area contributed by atoms with Gasteiger partial charge in [0.2, 0.25) is 0 Å². The van der Waals surface area contributed by atoms with E-state index in [0.29, 0.717) is 11.8 Å². The lowest BCUT2D eigenvalue weighted by Gasteiger charge is -2.21. The average molecular weight is 351 g/mol. The second kappa shape index (κ2) is 6.90. The predicted molar refractivity (Wildman–Crippen MR) is 111 cm³/mol. The number of fused-ring (bicyclic) bond motifs is 1. The van der Waals surface area contributed by atoms with E-state index in [0.717, 1.165) is 5.56 Å². The first kappa shape index (κ1) is 17.3. The second-order valence-electron chi connectivity index (χ2n) is 8.24. The second-order valence-corrected chi connectivity index (χ2v) is 8.24. The molecule has 1 heterocycles. The van der Waals surface area contributed by atoms with Crippen molar-refractivity contribution in [1.82, 2.24) is 4.57 Å². The van der Waals surface area contributed by atoms with Gasteiger partial charge in [-0.15, -0.1) is 0 Å². The molecular weight excluding hydrogens is 316 g/mol. The molecule has 0 spiro atoms. The van der Waals surface area contributed by atoms with E-state index < -0.39 is 5.89 Å². The molecule has 26 heavy (non-hydrogen) atoms. The minimum Gasteiger partial charge on any atom is -0.230 e. The van der Waals surface area contributed by atoms with Crippen LogP contribution in [0.1, 0.15) is 83.2 Å². The first-order valence-corrected chi connectivity index (χ1v) is 9.68. The number of imidazole rings is 1. The van der Waals surface area contributed by atoms with Gasteiger partial charge < -0.3 is 0 Å². The van der Waals surface area contributed by atoms with Crippen LogP contribution in [0.2, 0.25) is 0 Å². The Morgan fingerprint density at radius 1 is 0.923 bits per heavy atom. The van der Waals surface area contributed by atoms with Crippen LogP contribution in [0.4, 0.5) is 0 Å². The number of hydrogen-bond donors (Lipinski definition) is 0. The fourth-order valence-electron chi connectivity index (χ4n) is 3.82. The number of nitrogens with zero attached hydrogens (tertiary/aromatic N) is 2. The smallest absolute Gasteiger partial charge is 0.230 e. The van der Waals surface area contributed by atoms with Gasteiger partial charge in [-0.25, -0.2) is 4.57 Å². The summed E-state index contributed by atoms with van der Waals surface area (Å²) >= 11 is 0. The highest BCUT2D eigenvalue weighted by molar-refractivity contribution is 5.76. The van der Waals surface area contributed by atoms with Gasteiger partial charge in [0.05, 0.1) is 7.05 Å². The molecule has 0 radical (unpaired) electrons. The predicted octanol–water partition coefficient (Wildman–Crippen LogP) is 6.13. The van der Waals surface area contributed by atoms with E-state index >= 15 is 0 Å². The summed E-state index contributed by atoms with van der Waals surface area (Å²) in [5.41, 5.74) is 7.50. The van der Waals surface area contributed by atoms with Crippen molar-refractivity contribution in [2.75, 3.05) is 0 Å². The highest BCUT2D eigenvalue weighted by Crippen LogP contribution is 2.36. The van der Waals surface area contributed by atoms with Crippen molar-refractivity contribution in [3.63, 3.8) is 0 Å². The molecule has 0 bridgehead atoms. The van der Waals surface area contributed by atoms with E-state index in [-0.39, 0.29) is 0 Å². The van der Waals surface area contributed by atoms with Crippen LogP contribution in [-0.4, -0.2) is 4.57 Å². The summed E-state index contributed by atoms with van der Waals surface area (Å²) < 4.78 is 13.3. The van der Waals surface area contributed by atoms with Crippen LogP contribution in [0.15, 0.2) is 36.4 Å². The molecule has 0 saturated heterocycles. The number of rotatable bonds is 4. The van der Waals surface area contributed by atoms with Crippen LogP contribution in [0.5, 0.6) is 0 Å². The van der Waals surface area contributed by atoms with E-state index in [4.69, 9.17) is 1.37 Å². The molecule has 2 heteroatoms. The Bertz CT molecular complexity index is 959. The molecule has 2 nitrogen and oxygen atoms in total. The van der Waals surface area contributed by atoms with Gasteiger partial charge in [0.15, 0.2) is 11.0 Å². The number of benzene rings is 2. The van der Waals surface area contributed by atoms with Crippen molar-refractivity contribution in [2.24, 2.45) is 7.05 Å². The van der Waals surface area contributed by atoms with Gasteiger partial charge in [0.1, 0.15) is 5.69 Å². The number of para-hydroxylation sites is 2. The summed E-state index contributed by atoms with van der Waals surface area (Å²) in [6.45, 7) is 15.2. The van der Waals surface area contributed by atoms with E-state index in [9.17, 15) is 0 Å². The first-order valence-electron chi connectivity index (χ1n) is 10.2. The summed E-state index contributed by atoms with van der Waals surface area (Å²) in [7, 11) is 2.14. The number of hydrogen-bond acceptors (Lipinski definition) is 0. The van der Waals surface area contributed by atoms with Crippen LogP contribution in [-0.2, 0) is 7.05 Å². The topological polar surface area (TPSA) is 8.81 Å². The Morgan fingerprint density at radius 2 is 1.46 bits per heavy atom. The summed E-state index contributed by atoms with van der Waals surface area (Å²) in [5, 5.41) is 0. The van der Waals surface area contributed by atoms with Crippen LogP contribution >= 0.6 is 0 Å².